The monoisotopic (exact) mass is 373 g/mol. The Morgan fingerprint density at radius 2 is 2.23 bits per heavy atom. The lowest BCUT2D eigenvalue weighted by Crippen LogP contribution is -2.44. The van der Waals surface area contributed by atoms with Gasteiger partial charge < -0.3 is 16.0 Å². The molecule has 132 valence electrons. The van der Waals surface area contributed by atoms with Crippen molar-refractivity contribution in [1.29, 1.82) is 5.26 Å². The second-order valence-corrected chi connectivity index (χ2v) is 6.01. The standard InChI is InChI=1S/C17H13ClFN5O2/c18-11-5-10(2-3-12(11)19)15(13-4-1-9(6-20)7-21-13)24-16(25)14-8-22-17(26)23-14/h1-5,7,14-15H,8H2,(H,24,25)(H2,22,23,26). The first-order chi connectivity index (χ1) is 12.5. The Morgan fingerprint density at radius 3 is 2.81 bits per heavy atom. The summed E-state index contributed by atoms with van der Waals surface area (Å²) in [6.45, 7) is 0.155. The first-order valence-electron chi connectivity index (χ1n) is 7.63. The quantitative estimate of drug-likeness (QED) is 0.757. The number of hydrogen-bond donors (Lipinski definition) is 3. The van der Waals surface area contributed by atoms with Crippen molar-refractivity contribution in [3.05, 3.63) is 64.2 Å². The van der Waals surface area contributed by atoms with Gasteiger partial charge in [-0.2, -0.15) is 5.26 Å². The maximum Gasteiger partial charge on any atom is 0.315 e. The summed E-state index contributed by atoms with van der Waals surface area (Å²) in [6, 6.07) is 7.29. The van der Waals surface area contributed by atoms with Crippen LogP contribution in [0.15, 0.2) is 36.5 Å². The van der Waals surface area contributed by atoms with Gasteiger partial charge >= 0.3 is 6.03 Å². The molecule has 7 nitrogen and oxygen atoms in total. The molecule has 0 aliphatic carbocycles. The molecule has 2 heterocycles. The molecule has 1 aromatic carbocycles. The molecule has 3 amide bonds. The summed E-state index contributed by atoms with van der Waals surface area (Å²) in [6.07, 6.45) is 1.37. The van der Waals surface area contributed by atoms with Crippen molar-refractivity contribution in [3.8, 4) is 6.07 Å². The highest BCUT2D eigenvalue weighted by Gasteiger charge is 2.29. The molecule has 3 rings (SSSR count). The lowest BCUT2D eigenvalue weighted by molar-refractivity contribution is -0.122. The highest BCUT2D eigenvalue weighted by molar-refractivity contribution is 6.30. The van der Waals surface area contributed by atoms with Gasteiger partial charge in [0, 0.05) is 12.7 Å². The van der Waals surface area contributed by atoms with E-state index in [2.05, 4.69) is 20.9 Å². The van der Waals surface area contributed by atoms with Gasteiger partial charge in [-0.05, 0) is 29.8 Å². The molecule has 2 aromatic rings. The van der Waals surface area contributed by atoms with E-state index >= 15 is 0 Å². The van der Waals surface area contributed by atoms with E-state index in [1.54, 1.807) is 12.1 Å². The molecule has 2 unspecified atom stereocenters. The maximum absolute atomic E-state index is 13.5. The van der Waals surface area contributed by atoms with E-state index in [1.165, 1.54) is 24.4 Å². The van der Waals surface area contributed by atoms with Gasteiger partial charge in [0.1, 0.15) is 17.9 Å². The third-order valence-electron chi connectivity index (χ3n) is 3.86. The third-order valence-corrected chi connectivity index (χ3v) is 4.15. The number of halogens is 2. The molecular weight excluding hydrogens is 361 g/mol. The van der Waals surface area contributed by atoms with Gasteiger partial charge in [0.25, 0.3) is 0 Å². The topological polar surface area (TPSA) is 107 Å². The molecule has 1 aliphatic heterocycles. The Kier molecular flexibility index (Phi) is 5.00. The Balaban J connectivity index is 1.92. The highest BCUT2D eigenvalue weighted by atomic mass is 35.5. The minimum Gasteiger partial charge on any atom is -0.342 e. The lowest BCUT2D eigenvalue weighted by atomic mass is 10.0. The molecule has 1 saturated heterocycles. The van der Waals surface area contributed by atoms with Crippen molar-refractivity contribution in [2.24, 2.45) is 0 Å². The van der Waals surface area contributed by atoms with Gasteiger partial charge in [-0.25, -0.2) is 9.18 Å². The molecular formula is C17H13ClFN5O2. The van der Waals surface area contributed by atoms with Crippen molar-refractivity contribution >= 4 is 23.5 Å². The van der Waals surface area contributed by atoms with Crippen molar-refractivity contribution in [2.45, 2.75) is 12.1 Å². The second-order valence-electron chi connectivity index (χ2n) is 5.61. The zero-order chi connectivity index (χ0) is 18.7. The predicted octanol–water partition coefficient (Wildman–Crippen LogP) is 1.63. The van der Waals surface area contributed by atoms with Crippen molar-refractivity contribution in [1.82, 2.24) is 20.9 Å². The number of nitrogens with one attached hydrogen (secondary N) is 3. The minimum atomic E-state index is -0.737. The Morgan fingerprint density at radius 1 is 1.42 bits per heavy atom. The Bertz CT molecular complexity index is 897. The van der Waals surface area contributed by atoms with Crippen LogP contribution in [0.25, 0.3) is 0 Å². The molecule has 0 bridgehead atoms. The fourth-order valence-electron chi connectivity index (χ4n) is 2.52. The molecule has 1 aliphatic rings. The number of hydrogen-bond acceptors (Lipinski definition) is 4. The molecule has 0 radical (unpaired) electrons. The van der Waals surface area contributed by atoms with Crippen LogP contribution in [0.2, 0.25) is 5.02 Å². The van der Waals surface area contributed by atoms with Gasteiger partial charge in [-0.1, -0.05) is 17.7 Å². The SMILES string of the molecule is N#Cc1ccc(C(NC(=O)C2CNC(=O)N2)c2ccc(F)c(Cl)c2)nc1. The van der Waals surface area contributed by atoms with E-state index < -0.39 is 29.8 Å². The number of nitriles is 1. The minimum absolute atomic E-state index is 0.0915. The smallest absolute Gasteiger partial charge is 0.315 e. The average Bonchev–Trinajstić information content (AvgIpc) is 3.09. The van der Waals surface area contributed by atoms with Gasteiger partial charge in [-0.3, -0.25) is 9.78 Å². The summed E-state index contributed by atoms with van der Waals surface area (Å²) in [4.78, 5) is 27.9. The van der Waals surface area contributed by atoms with Crippen LogP contribution in [0.4, 0.5) is 9.18 Å². The molecule has 9 heteroatoms. The number of amides is 3. The molecule has 0 spiro atoms. The fraction of sp³-hybridized carbons (Fsp3) is 0.176. The summed E-state index contributed by atoms with van der Waals surface area (Å²) in [5.41, 5.74) is 1.32. The third kappa shape index (κ3) is 3.73. The predicted molar refractivity (Wildman–Crippen MR) is 90.7 cm³/mol. The summed E-state index contributed by atoms with van der Waals surface area (Å²) in [5, 5.41) is 16.6. The summed E-state index contributed by atoms with van der Waals surface area (Å²) in [7, 11) is 0. The van der Waals surface area contributed by atoms with E-state index in [0.29, 0.717) is 16.8 Å². The molecule has 1 aromatic heterocycles. The number of carbonyl (C=O) groups is 2. The van der Waals surface area contributed by atoms with Gasteiger partial charge in [0.2, 0.25) is 5.91 Å². The second kappa shape index (κ2) is 7.37. The van der Waals surface area contributed by atoms with E-state index in [0.717, 1.165) is 0 Å². The Hall–Kier alpha value is -3.18. The fourth-order valence-corrected chi connectivity index (χ4v) is 2.71. The van der Waals surface area contributed by atoms with Crippen LogP contribution in [-0.4, -0.2) is 29.5 Å². The van der Waals surface area contributed by atoms with Gasteiger partial charge in [0.15, 0.2) is 0 Å². The van der Waals surface area contributed by atoms with E-state index in [1.807, 2.05) is 6.07 Å². The molecule has 3 N–H and O–H groups in total. The zero-order valence-electron chi connectivity index (χ0n) is 13.3. The van der Waals surface area contributed by atoms with Crippen LogP contribution in [0.5, 0.6) is 0 Å². The van der Waals surface area contributed by atoms with Gasteiger partial charge in [0.05, 0.1) is 22.3 Å². The van der Waals surface area contributed by atoms with Crippen LogP contribution in [-0.2, 0) is 4.79 Å². The van der Waals surface area contributed by atoms with Gasteiger partial charge in [-0.15, -0.1) is 0 Å². The van der Waals surface area contributed by atoms with Crippen LogP contribution in [0, 0.1) is 17.1 Å². The van der Waals surface area contributed by atoms with Crippen molar-refractivity contribution < 1.29 is 14.0 Å². The van der Waals surface area contributed by atoms with Crippen LogP contribution < -0.4 is 16.0 Å². The lowest BCUT2D eigenvalue weighted by Gasteiger charge is -2.21. The molecule has 1 fully saturated rings. The number of aromatic nitrogens is 1. The van der Waals surface area contributed by atoms with E-state index in [4.69, 9.17) is 16.9 Å². The van der Waals surface area contributed by atoms with E-state index in [-0.39, 0.29) is 11.6 Å². The maximum atomic E-state index is 13.5. The van der Waals surface area contributed by atoms with E-state index in [9.17, 15) is 14.0 Å². The molecule has 2 atom stereocenters. The number of rotatable bonds is 4. The number of benzene rings is 1. The van der Waals surface area contributed by atoms with Crippen molar-refractivity contribution in [2.75, 3.05) is 6.54 Å². The molecule has 26 heavy (non-hydrogen) atoms. The normalized spacial score (nSPS) is 17.0. The first kappa shape index (κ1) is 17.6. The van der Waals surface area contributed by atoms with Crippen LogP contribution in [0.3, 0.4) is 0 Å². The summed E-state index contributed by atoms with van der Waals surface area (Å²) < 4.78 is 13.5. The number of urea groups is 1. The number of nitrogens with zero attached hydrogens (tertiary/aromatic N) is 2. The zero-order valence-corrected chi connectivity index (χ0v) is 14.0. The van der Waals surface area contributed by atoms with Crippen LogP contribution >= 0.6 is 11.6 Å². The van der Waals surface area contributed by atoms with Crippen LogP contribution in [0.1, 0.15) is 22.9 Å². The number of carbonyl (C=O) groups excluding carboxylic acids is 2. The molecule has 0 saturated carbocycles. The first-order valence-corrected chi connectivity index (χ1v) is 8.01. The summed E-state index contributed by atoms with van der Waals surface area (Å²) >= 11 is 5.86. The number of pyridine rings is 1. The average molecular weight is 374 g/mol. The summed E-state index contributed by atoms with van der Waals surface area (Å²) in [5.74, 6) is -1.01. The highest BCUT2D eigenvalue weighted by Crippen LogP contribution is 2.25. The largest absolute Gasteiger partial charge is 0.342 e. The van der Waals surface area contributed by atoms with Crippen molar-refractivity contribution in [3.63, 3.8) is 0 Å². The Labute approximate surface area is 153 Å².